The van der Waals surface area contributed by atoms with Crippen molar-refractivity contribution in [1.29, 1.82) is 10.5 Å². The fourth-order valence-electron chi connectivity index (χ4n) is 2.61. The van der Waals surface area contributed by atoms with Gasteiger partial charge >= 0.3 is 5.97 Å². The molecule has 2 heterocycles. The maximum Gasteiger partial charge on any atom is 0.313 e. The normalized spacial score (nSPS) is 26.9. The van der Waals surface area contributed by atoms with Gasteiger partial charge in [-0.25, -0.2) is 0 Å². The standard InChI is InChI=1S/C16H16N4O4S3/c17-3-1-5-25-7-11(21)19-12-13(22)20-8-16(15(23)24,10-27-14(12)20)9-26-6-2-4-18/h1-2,5-6,12,14H,7-10H2,(H,19,21)(H,23,24)/t12?,14-,16?/m1/s1. The summed E-state index contributed by atoms with van der Waals surface area (Å²) < 4.78 is 0. The quantitative estimate of drug-likeness (QED) is 0.432. The number of nitrogens with zero attached hydrogens (tertiary/aromatic N) is 3. The highest BCUT2D eigenvalue weighted by molar-refractivity contribution is 8.03. The third-order valence-corrected chi connectivity index (χ3v) is 7.36. The topological polar surface area (TPSA) is 134 Å². The predicted octanol–water partition coefficient (Wildman–Crippen LogP) is 0.998. The van der Waals surface area contributed by atoms with E-state index in [1.54, 1.807) is 5.41 Å². The fraction of sp³-hybridized carbons (Fsp3) is 0.438. The zero-order valence-corrected chi connectivity index (χ0v) is 16.5. The van der Waals surface area contributed by atoms with E-state index in [0.29, 0.717) is 5.75 Å². The maximum atomic E-state index is 12.4. The first-order chi connectivity index (χ1) is 12.9. The van der Waals surface area contributed by atoms with Crippen LogP contribution in [0.15, 0.2) is 23.0 Å². The number of carboxylic acids is 1. The van der Waals surface area contributed by atoms with Gasteiger partial charge < -0.3 is 15.3 Å². The molecule has 0 aromatic heterocycles. The summed E-state index contributed by atoms with van der Waals surface area (Å²) in [5, 5.41) is 32.0. The van der Waals surface area contributed by atoms with Crippen LogP contribution in [0, 0.1) is 28.1 Å². The van der Waals surface area contributed by atoms with Crippen LogP contribution in [0.1, 0.15) is 0 Å². The Balaban J connectivity index is 1.92. The fourth-order valence-corrected chi connectivity index (χ4v) is 5.66. The van der Waals surface area contributed by atoms with Crippen molar-refractivity contribution in [1.82, 2.24) is 10.2 Å². The molecule has 8 nitrogen and oxygen atoms in total. The molecule has 2 fully saturated rings. The van der Waals surface area contributed by atoms with Gasteiger partial charge in [-0.2, -0.15) is 10.5 Å². The summed E-state index contributed by atoms with van der Waals surface area (Å²) in [6, 6.07) is 3.01. The Morgan fingerprint density at radius 3 is 2.63 bits per heavy atom. The van der Waals surface area contributed by atoms with Crippen LogP contribution in [0.3, 0.4) is 0 Å². The summed E-state index contributed by atoms with van der Waals surface area (Å²) in [6.45, 7) is 0.0816. The maximum absolute atomic E-state index is 12.4. The first kappa shape index (κ1) is 21.2. The first-order valence-corrected chi connectivity index (χ1v) is 10.9. The molecule has 0 spiro atoms. The smallest absolute Gasteiger partial charge is 0.313 e. The lowest BCUT2D eigenvalue weighted by atomic mass is 9.89. The number of nitriles is 2. The van der Waals surface area contributed by atoms with E-state index in [1.807, 2.05) is 12.1 Å². The van der Waals surface area contributed by atoms with E-state index >= 15 is 0 Å². The number of allylic oxidation sites excluding steroid dienone is 2. The molecule has 2 unspecified atom stereocenters. The molecular formula is C16H16N4O4S3. The van der Waals surface area contributed by atoms with Crippen LogP contribution >= 0.6 is 35.3 Å². The lowest BCUT2D eigenvalue weighted by molar-refractivity contribution is -0.157. The number of hydrogen-bond acceptors (Lipinski definition) is 8. The summed E-state index contributed by atoms with van der Waals surface area (Å²) in [7, 11) is 0. The predicted molar refractivity (Wildman–Crippen MR) is 104 cm³/mol. The molecule has 3 atom stereocenters. The van der Waals surface area contributed by atoms with Crippen molar-refractivity contribution in [2.24, 2.45) is 5.41 Å². The number of aliphatic carboxylic acids is 1. The molecule has 2 rings (SSSR count). The first-order valence-electron chi connectivity index (χ1n) is 7.72. The van der Waals surface area contributed by atoms with Gasteiger partial charge in [0.15, 0.2) is 0 Å². The number of β-lactam (4-membered cyclic amide) rings is 1. The molecule has 27 heavy (non-hydrogen) atoms. The Bertz CT molecular complexity index is 758. The lowest BCUT2D eigenvalue weighted by Crippen LogP contribution is -2.74. The second-order valence-corrected chi connectivity index (χ2v) is 8.68. The molecular weight excluding hydrogens is 408 g/mol. The Morgan fingerprint density at radius 2 is 2.00 bits per heavy atom. The highest BCUT2D eigenvalue weighted by atomic mass is 32.2. The number of carbonyl (C=O) groups is 3. The minimum absolute atomic E-state index is 0.0816. The third kappa shape index (κ3) is 5.01. The number of carbonyl (C=O) groups excluding carboxylic acids is 2. The van der Waals surface area contributed by atoms with Crippen LogP contribution in [-0.2, 0) is 14.4 Å². The largest absolute Gasteiger partial charge is 0.481 e. The van der Waals surface area contributed by atoms with Gasteiger partial charge in [-0.15, -0.1) is 35.3 Å². The van der Waals surface area contributed by atoms with Gasteiger partial charge in [0.05, 0.1) is 17.9 Å². The van der Waals surface area contributed by atoms with Crippen LogP contribution in [0.25, 0.3) is 0 Å². The van der Waals surface area contributed by atoms with Crippen LogP contribution in [0.2, 0.25) is 0 Å². The Labute approximate surface area is 169 Å². The number of rotatable bonds is 8. The summed E-state index contributed by atoms with van der Waals surface area (Å²) in [6.07, 6.45) is 2.55. The molecule has 2 N–H and O–H groups in total. The molecule has 2 amide bonds. The second kappa shape index (κ2) is 9.74. The van der Waals surface area contributed by atoms with Crippen LogP contribution < -0.4 is 5.32 Å². The molecule has 2 aliphatic rings. The second-order valence-electron chi connectivity index (χ2n) is 5.78. The third-order valence-electron chi connectivity index (χ3n) is 3.97. The van der Waals surface area contributed by atoms with Crippen molar-refractivity contribution in [3.63, 3.8) is 0 Å². The van der Waals surface area contributed by atoms with Gasteiger partial charge in [0.25, 0.3) is 0 Å². The van der Waals surface area contributed by atoms with Crippen molar-refractivity contribution in [3.8, 4) is 12.1 Å². The Kier molecular flexibility index (Phi) is 7.66. The van der Waals surface area contributed by atoms with Crippen LogP contribution in [0.5, 0.6) is 0 Å². The Morgan fingerprint density at radius 1 is 1.33 bits per heavy atom. The molecule has 0 bridgehead atoms. The van der Waals surface area contributed by atoms with E-state index < -0.39 is 17.4 Å². The summed E-state index contributed by atoms with van der Waals surface area (Å²) >= 11 is 3.72. The molecule has 0 aromatic carbocycles. The summed E-state index contributed by atoms with van der Waals surface area (Å²) in [4.78, 5) is 37.6. The highest BCUT2D eigenvalue weighted by Crippen LogP contribution is 2.43. The van der Waals surface area contributed by atoms with Crippen LogP contribution in [0.4, 0.5) is 0 Å². The van der Waals surface area contributed by atoms with E-state index in [4.69, 9.17) is 10.5 Å². The van der Waals surface area contributed by atoms with E-state index in [0.717, 1.165) is 11.8 Å². The van der Waals surface area contributed by atoms with E-state index in [9.17, 15) is 19.5 Å². The van der Waals surface area contributed by atoms with E-state index in [-0.39, 0.29) is 35.2 Å². The molecule has 2 saturated heterocycles. The molecule has 11 heteroatoms. The number of amides is 2. The van der Waals surface area contributed by atoms with Gasteiger partial charge in [0.1, 0.15) is 16.8 Å². The lowest BCUT2D eigenvalue weighted by Gasteiger charge is -2.53. The number of hydrogen-bond donors (Lipinski definition) is 2. The van der Waals surface area contributed by atoms with Gasteiger partial charge in [-0.1, -0.05) is 0 Å². The minimum Gasteiger partial charge on any atom is -0.481 e. The molecule has 0 saturated carbocycles. The summed E-state index contributed by atoms with van der Waals surface area (Å²) in [5.41, 5.74) is -1.09. The zero-order chi connectivity index (χ0) is 19.9. The van der Waals surface area contributed by atoms with E-state index in [1.165, 1.54) is 46.0 Å². The molecule has 0 aromatic rings. The molecule has 2 aliphatic heterocycles. The number of nitrogens with one attached hydrogen (secondary N) is 1. The molecule has 0 radical (unpaired) electrons. The number of carboxylic acid groups (broad SMARTS) is 1. The molecule has 142 valence electrons. The SMILES string of the molecule is N#CC=CSCC(=O)NC1C(=O)N2CC(CSC=CC#N)(C(=O)O)CS[C@H]12. The van der Waals surface area contributed by atoms with Gasteiger partial charge in [0, 0.05) is 30.2 Å². The summed E-state index contributed by atoms with van der Waals surface area (Å²) in [5.74, 6) is -0.915. The van der Waals surface area contributed by atoms with E-state index in [2.05, 4.69) is 5.32 Å². The highest BCUT2D eigenvalue weighted by Gasteiger charge is 2.57. The Hall–Kier alpha value is -2.08. The molecule has 0 aliphatic carbocycles. The minimum atomic E-state index is -1.09. The van der Waals surface area contributed by atoms with Crippen molar-refractivity contribution in [2.75, 3.05) is 23.8 Å². The average molecular weight is 425 g/mol. The number of thioether (sulfide) groups is 3. The average Bonchev–Trinajstić information content (AvgIpc) is 2.66. The van der Waals surface area contributed by atoms with Crippen molar-refractivity contribution < 1.29 is 19.5 Å². The van der Waals surface area contributed by atoms with Gasteiger partial charge in [-0.05, 0) is 10.8 Å². The van der Waals surface area contributed by atoms with Gasteiger partial charge in [-0.3, -0.25) is 14.4 Å². The number of fused-ring (bicyclic) bond motifs is 1. The van der Waals surface area contributed by atoms with Crippen LogP contribution in [-0.4, -0.2) is 63.0 Å². The van der Waals surface area contributed by atoms with Crippen molar-refractivity contribution in [2.45, 2.75) is 11.4 Å². The zero-order valence-electron chi connectivity index (χ0n) is 14.0. The van der Waals surface area contributed by atoms with Crippen molar-refractivity contribution in [3.05, 3.63) is 23.0 Å². The van der Waals surface area contributed by atoms with Gasteiger partial charge in [0.2, 0.25) is 11.8 Å². The monoisotopic (exact) mass is 424 g/mol. The van der Waals surface area contributed by atoms with Crippen molar-refractivity contribution >= 4 is 53.1 Å².